The molecule has 0 bridgehead atoms. The highest BCUT2D eigenvalue weighted by molar-refractivity contribution is 9.10. The van der Waals surface area contributed by atoms with Crippen LogP contribution in [0, 0.1) is 5.82 Å². The van der Waals surface area contributed by atoms with E-state index in [1.54, 1.807) is 12.3 Å². The van der Waals surface area contributed by atoms with E-state index in [0.29, 0.717) is 28.7 Å². The van der Waals surface area contributed by atoms with Gasteiger partial charge in [0.1, 0.15) is 11.6 Å². The van der Waals surface area contributed by atoms with Crippen molar-refractivity contribution in [2.45, 2.75) is 26.4 Å². The summed E-state index contributed by atoms with van der Waals surface area (Å²) in [6.07, 6.45) is 1.65. The first-order chi connectivity index (χ1) is 9.95. The monoisotopic (exact) mass is 416 g/mol. The summed E-state index contributed by atoms with van der Waals surface area (Å²) in [6, 6.07) is 6.58. The van der Waals surface area contributed by atoms with E-state index >= 15 is 0 Å². The lowest BCUT2D eigenvalue weighted by atomic mass is 10.2. The molecule has 0 radical (unpaired) electrons. The summed E-state index contributed by atoms with van der Waals surface area (Å²) in [4.78, 5) is 4.27. The van der Waals surface area contributed by atoms with E-state index in [4.69, 9.17) is 4.74 Å². The Labute approximate surface area is 140 Å². The molecule has 112 valence electrons. The summed E-state index contributed by atoms with van der Waals surface area (Å²) < 4.78 is 20.6. The van der Waals surface area contributed by atoms with Crippen molar-refractivity contribution in [2.24, 2.45) is 0 Å². The fourth-order valence-electron chi connectivity index (χ4n) is 1.66. The van der Waals surface area contributed by atoms with Gasteiger partial charge in [-0.1, -0.05) is 13.8 Å². The zero-order chi connectivity index (χ0) is 15.4. The van der Waals surface area contributed by atoms with Crippen LogP contribution in [0.1, 0.15) is 19.4 Å². The average molecular weight is 418 g/mol. The minimum atomic E-state index is -0.354. The van der Waals surface area contributed by atoms with Crippen LogP contribution in [0.3, 0.4) is 0 Å². The highest BCUT2D eigenvalue weighted by Gasteiger charge is 2.11. The molecule has 1 heterocycles. The Bertz CT molecular complexity index is 635. The molecule has 21 heavy (non-hydrogen) atoms. The summed E-state index contributed by atoms with van der Waals surface area (Å²) in [5, 5.41) is 3.31. The van der Waals surface area contributed by atoms with Crippen molar-refractivity contribution < 1.29 is 9.13 Å². The predicted octanol–water partition coefficient (Wildman–Crippen LogP) is 5.04. The van der Waals surface area contributed by atoms with Crippen molar-refractivity contribution in [1.29, 1.82) is 0 Å². The van der Waals surface area contributed by atoms with Gasteiger partial charge in [0.2, 0.25) is 5.88 Å². The van der Waals surface area contributed by atoms with Crippen LogP contribution in [-0.2, 0) is 6.54 Å². The molecule has 1 aromatic heterocycles. The number of nitrogens with one attached hydrogen (secondary N) is 1. The maximum Gasteiger partial charge on any atom is 0.223 e. The van der Waals surface area contributed by atoms with Crippen LogP contribution in [-0.4, -0.2) is 11.0 Å². The molecule has 1 N–H and O–H groups in total. The van der Waals surface area contributed by atoms with Gasteiger partial charge >= 0.3 is 0 Å². The highest BCUT2D eigenvalue weighted by atomic mass is 79.9. The van der Waals surface area contributed by atoms with Gasteiger partial charge in [0, 0.05) is 34.9 Å². The smallest absolute Gasteiger partial charge is 0.223 e. The summed E-state index contributed by atoms with van der Waals surface area (Å²) in [5.41, 5.74) is 0.897. The number of nitrogens with zero attached hydrogens (tertiary/aromatic N) is 1. The molecular formula is C15H15Br2FN2O. The minimum Gasteiger partial charge on any atom is -0.437 e. The van der Waals surface area contributed by atoms with Crippen LogP contribution >= 0.6 is 31.9 Å². The van der Waals surface area contributed by atoms with Crippen molar-refractivity contribution in [2.75, 3.05) is 0 Å². The zero-order valence-corrected chi connectivity index (χ0v) is 14.8. The van der Waals surface area contributed by atoms with Crippen molar-refractivity contribution in [3.63, 3.8) is 0 Å². The SMILES string of the molecule is CC(C)NCc1cc(Br)cnc1Oc1cc(F)ccc1Br. The average Bonchev–Trinajstić information content (AvgIpc) is 2.43. The van der Waals surface area contributed by atoms with Gasteiger partial charge in [-0.15, -0.1) is 0 Å². The molecule has 0 aliphatic carbocycles. The molecule has 0 aliphatic heterocycles. The van der Waals surface area contributed by atoms with Gasteiger partial charge in [-0.3, -0.25) is 0 Å². The number of benzene rings is 1. The topological polar surface area (TPSA) is 34.2 Å². The molecule has 0 fully saturated rings. The number of hydrogen-bond acceptors (Lipinski definition) is 3. The van der Waals surface area contributed by atoms with E-state index in [1.165, 1.54) is 12.1 Å². The molecule has 0 unspecified atom stereocenters. The van der Waals surface area contributed by atoms with Crippen LogP contribution in [0.4, 0.5) is 4.39 Å². The van der Waals surface area contributed by atoms with Gasteiger partial charge in [0.25, 0.3) is 0 Å². The summed E-state index contributed by atoms with van der Waals surface area (Å²) >= 11 is 6.74. The Morgan fingerprint density at radius 2 is 2.05 bits per heavy atom. The van der Waals surface area contributed by atoms with Crippen LogP contribution in [0.15, 0.2) is 39.4 Å². The largest absolute Gasteiger partial charge is 0.437 e. The van der Waals surface area contributed by atoms with Crippen molar-refractivity contribution >= 4 is 31.9 Å². The lowest BCUT2D eigenvalue weighted by Gasteiger charge is -2.13. The van der Waals surface area contributed by atoms with Gasteiger partial charge in [0.15, 0.2) is 0 Å². The fourth-order valence-corrected chi connectivity index (χ4v) is 2.37. The van der Waals surface area contributed by atoms with E-state index in [9.17, 15) is 4.39 Å². The quantitative estimate of drug-likeness (QED) is 0.740. The lowest BCUT2D eigenvalue weighted by Crippen LogP contribution is -2.22. The molecule has 1 aromatic carbocycles. The third-order valence-electron chi connectivity index (χ3n) is 2.69. The van der Waals surface area contributed by atoms with Crippen LogP contribution in [0.2, 0.25) is 0 Å². The number of rotatable bonds is 5. The van der Waals surface area contributed by atoms with Gasteiger partial charge in [0.05, 0.1) is 4.47 Å². The Hall–Kier alpha value is -0.980. The molecule has 0 amide bonds. The van der Waals surface area contributed by atoms with Gasteiger partial charge in [-0.2, -0.15) is 0 Å². The normalized spacial score (nSPS) is 11.0. The van der Waals surface area contributed by atoms with Crippen LogP contribution in [0.5, 0.6) is 11.6 Å². The van der Waals surface area contributed by atoms with Crippen molar-refractivity contribution in [3.05, 3.63) is 50.8 Å². The number of halogens is 3. The first-order valence-corrected chi connectivity index (χ1v) is 8.05. The molecule has 2 rings (SSSR count). The molecule has 0 aliphatic rings. The van der Waals surface area contributed by atoms with E-state index in [0.717, 1.165) is 10.0 Å². The molecule has 2 aromatic rings. The number of aromatic nitrogens is 1. The maximum atomic E-state index is 13.3. The fraction of sp³-hybridized carbons (Fsp3) is 0.267. The zero-order valence-electron chi connectivity index (χ0n) is 11.7. The Kier molecular flexibility index (Phi) is 5.72. The molecule has 3 nitrogen and oxygen atoms in total. The molecule has 0 saturated heterocycles. The Morgan fingerprint density at radius 3 is 2.76 bits per heavy atom. The lowest BCUT2D eigenvalue weighted by molar-refractivity contribution is 0.443. The summed E-state index contributed by atoms with van der Waals surface area (Å²) in [6.45, 7) is 4.75. The Balaban J connectivity index is 2.28. The molecular weight excluding hydrogens is 403 g/mol. The highest BCUT2D eigenvalue weighted by Crippen LogP contribution is 2.31. The molecule has 6 heteroatoms. The first-order valence-electron chi connectivity index (χ1n) is 6.46. The third kappa shape index (κ3) is 4.76. The second kappa shape index (κ2) is 7.33. The van der Waals surface area contributed by atoms with Crippen molar-refractivity contribution in [3.8, 4) is 11.6 Å². The van der Waals surface area contributed by atoms with Gasteiger partial charge in [-0.25, -0.2) is 9.37 Å². The maximum absolute atomic E-state index is 13.3. The van der Waals surface area contributed by atoms with Gasteiger partial charge in [-0.05, 0) is 50.1 Å². The number of ether oxygens (including phenoxy) is 1. The summed E-state index contributed by atoms with van der Waals surface area (Å²) in [7, 11) is 0. The molecule has 0 spiro atoms. The number of pyridine rings is 1. The van der Waals surface area contributed by atoms with E-state index in [1.807, 2.05) is 6.07 Å². The van der Waals surface area contributed by atoms with Crippen LogP contribution in [0.25, 0.3) is 0 Å². The predicted molar refractivity (Wildman–Crippen MR) is 88.1 cm³/mol. The first kappa shape index (κ1) is 16.4. The second-order valence-electron chi connectivity index (χ2n) is 4.83. The Morgan fingerprint density at radius 1 is 1.29 bits per heavy atom. The van der Waals surface area contributed by atoms with Crippen molar-refractivity contribution in [1.82, 2.24) is 10.3 Å². The third-order valence-corrected chi connectivity index (χ3v) is 3.78. The van der Waals surface area contributed by atoms with E-state index in [-0.39, 0.29) is 5.82 Å². The second-order valence-corrected chi connectivity index (χ2v) is 6.60. The number of hydrogen-bond donors (Lipinski definition) is 1. The standard InChI is InChI=1S/C15H15Br2FN2O/c1-9(2)19-7-10-5-11(16)8-20-15(10)21-14-6-12(18)3-4-13(14)17/h3-6,8-9,19H,7H2,1-2H3. The van der Waals surface area contributed by atoms with Crippen LogP contribution < -0.4 is 10.1 Å². The molecule has 0 saturated carbocycles. The molecule has 0 atom stereocenters. The minimum absolute atomic E-state index is 0.345. The van der Waals surface area contributed by atoms with E-state index in [2.05, 4.69) is 56.0 Å². The van der Waals surface area contributed by atoms with Gasteiger partial charge < -0.3 is 10.1 Å². The summed E-state index contributed by atoms with van der Waals surface area (Å²) in [5.74, 6) is 0.500. The van der Waals surface area contributed by atoms with E-state index < -0.39 is 0 Å².